The summed E-state index contributed by atoms with van der Waals surface area (Å²) in [6, 6.07) is 12.7. The van der Waals surface area contributed by atoms with Gasteiger partial charge in [0.25, 0.3) is 0 Å². The first-order valence-corrected chi connectivity index (χ1v) is 8.55. The molecule has 0 amide bonds. The van der Waals surface area contributed by atoms with Gasteiger partial charge < -0.3 is 10.2 Å². The van der Waals surface area contributed by atoms with E-state index in [0.29, 0.717) is 6.04 Å². The molecule has 0 saturated carbocycles. The van der Waals surface area contributed by atoms with Crippen molar-refractivity contribution in [3.8, 4) is 0 Å². The topological polar surface area (TPSA) is 38.1 Å². The first-order valence-electron chi connectivity index (χ1n) is 8.17. The molecule has 1 saturated heterocycles. The predicted molar refractivity (Wildman–Crippen MR) is 101 cm³/mol. The van der Waals surface area contributed by atoms with Crippen LogP contribution < -0.4 is 5.32 Å². The van der Waals surface area contributed by atoms with E-state index in [-0.39, 0.29) is 0 Å². The van der Waals surface area contributed by atoms with Crippen LogP contribution in [0.3, 0.4) is 0 Å². The molecule has 2 heterocycles. The van der Waals surface area contributed by atoms with Gasteiger partial charge in [0.1, 0.15) is 0 Å². The van der Waals surface area contributed by atoms with E-state index >= 15 is 0 Å². The average molecular weight is 340 g/mol. The van der Waals surface area contributed by atoms with Gasteiger partial charge in [0.05, 0.1) is 5.69 Å². The van der Waals surface area contributed by atoms with Gasteiger partial charge in [0.2, 0.25) is 0 Å². The first-order chi connectivity index (χ1) is 11.7. The number of hydrogen-bond acceptors (Lipinski definition) is 3. The predicted octanol–water partition coefficient (Wildman–Crippen LogP) is 4.43. The van der Waals surface area contributed by atoms with Crippen molar-refractivity contribution in [3.63, 3.8) is 0 Å². The lowest BCUT2D eigenvalue weighted by atomic mass is 10.1. The summed E-state index contributed by atoms with van der Waals surface area (Å²) in [6.45, 7) is 7.88. The molecule has 1 aliphatic heterocycles. The van der Waals surface area contributed by atoms with Gasteiger partial charge in [-0.1, -0.05) is 36.4 Å². The van der Waals surface area contributed by atoms with Gasteiger partial charge in [0, 0.05) is 36.6 Å². The van der Waals surface area contributed by atoms with Crippen LogP contribution in [0.4, 0.5) is 0 Å². The number of benzene rings is 1. The van der Waals surface area contributed by atoms with Crippen molar-refractivity contribution < 1.29 is 0 Å². The van der Waals surface area contributed by atoms with Gasteiger partial charge in [-0.15, -0.1) is 0 Å². The van der Waals surface area contributed by atoms with Crippen molar-refractivity contribution in [2.45, 2.75) is 19.4 Å². The standard InChI is InChI=1S/C20H22ClN3/c1-3-24(11-9-16-6-4-5-7-18(16)21)14-15(2)19-12-17(8-10-22-19)20-13-23-20/h3-8,10,12,14,20,23H,1,9,11,13H2,2H3/b15-14+. The second-order valence-corrected chi connectivity index (χ2v) is 6.42. The number of hydrogen-bond donors (Lipinski definition) is 1. The van der Waals surface area contributed by atoms with E-state index in [1.165, 1.54) is 5.56 Å². The number of rotatable bonds is 7. The van der Waals surface area contributed by atoms with E-state index in [0.717, 1.165) is 41.4 Å². The van der Waals surface area contributed by atoms with Gasteiger partial charge in [-0.25, -0.2) is 0 Å². The number of allylic oxidation sites excluding steroid dienone is 1. The van der Waals surface area contributed by atoms with E-state index in [4.69, 9.17) is 11.6 Å². The minimum absolute atomic E-state index is 0.496. The Hall–Kier alpha value is -2.10. The summed E-state index contributed by atoms with van der Waals surface area (Å²) >= 11 is 6.23. The lowest BCUT2D eigenvalue weighted by Gasteiger charge is -2.17. The van der Waals surface area contributed by atoms with Crippen molar-refractivity contribution in [1.29, 1.82) is 0 Å². The maximum Gasteiger partial charge on any atom is 0.0676 e. The Morgan fingerprint density at radius 3 is 2.92 bits per heavy atom. The van der Waals surface area contributed by atoms with Gasteiger partial charge in [-0.05, 0) is 54.4 Å². The SMILES string of the molecule is C=CN(/C=C(\C)c1cc(C2CN2)ccn1)CCc1ccccc1Cl. The molecule has 0 spiro atoms. The highest BCUT2D eigenvalue weighted by molar-refractivity contribution is 6.31. The highest BCUT2D eigenvalue weighted by Gasteiger charge is 2.22. The summed E-state index contributed by atoms with van der Waals surface area (Å²) in [7, 11) is 0. The van der Waals surface area contributed by atoms with Crippen LogP contribution in [-0.2, 0) is 6.42 Å². The second-order valence-electron chi connectivity index (χ2n) is 6.01. The first kappa shape index (κ1) is 16.7. The Kier molecular flexibility index (Phi) is 5.34. The molecule has 1 aromatic heterocycles. The lowest BCUT2D eigenvalue weighted by molar-refractivity contribution is 0.511. The summed E-state index contributed by atoms with van der Waals surface area (Å²) in [5, 5.41) is 4.14. The molecular weight excluding hydrogens is 318 g/mol. The molecule has 0 radical (unpaired) electrons. The molecule has 24 heavy (non-hydrogen) atoms. The Labute approximate surface area is 148 Å². The largest absolute Gasteiger partial charge is 0.354 e. The van der Waals surface area contributed by atoms with Crippen LogP contribution in [0.2, 0.25) is 5.02 Å². The summed E-state index contributed by atoms with van der Waals surface area (Å²) in [5.74, 6) is 0. The molecule has 2 aromatic rings. The number of nitrogens with one attached hydrogen (secondary N) is 1. The number of halogens is 1. The molecule has 0 bridgehead atoms. The molecule has 1 aromatic carbocycles. The van der Waals surface area contributed by atoms with Crippen LogP contribution >= 0.6 is 11.6 Å². The molecular formula is C20H22ClN3. The molecule has 0 aliphatic carbocycles. The fourth-order valence-electron chi connectivity index (χ4n) is 2.65. The molecule has 1 unspecified atom stereocenters. The molecule has 1 N–H and O–H groups in total. The number of aromatic nitrogens is 1. The zero-order valence-electron chi connectivity index (χ0n) is 13.9. The maximum atomic E-state index is 6.23. The third-order valence-electron chi connectivity index (χ3n) is 4.19. The van der Waals surface area contributed by atoms with Crippen LogP contribution in [0.15, 0.2) is 61.6 Å². The van der Waals surface area contributed by atoms with E-state index in [1.54, 1.807) is 0 Å². The zero-order valence-corrected chi connectivity index (χ0v) is 14.6. The molecule has 1 aliphatic rings. The minimum Gasteiger partial charge on any atom is -0.354 e. The van der Waals surface area contributed by atoms with Gasteiger partial charge >= 0.3 is 0 Å². The Morgan fingerprint density at radius 1 is 1.42 bits per heavy atom. The molecule has 3 nitrogen and oxygen atoms in total. The molecule has 1 atom stereocenters. The quantitative estimate of drug-likeness (QED) is 0.758. The zero-order chi connectivity index (χ0) is 16.9. The van der Waals surface area contributed by atoms with Gasteiger partial charge in [0.15, 0.2) is 0 Å². The van der Waals surface area contributed by atoms with E-state index in [1.807, 2.05) is 30.6 Å². The Bertz CT molecular complexity index is 750. The summed E-state index contributed by atoms with van der Waals surface area (Å²) in [6.07, 6.45) is 6.68. The highest BCUT2D eigenvalue weighted by atomic mass is 35.5. The second kappa shape index (κ2) is 7.65. The lowest BCUT2D eigenvalue weighted by Crippen LogP contribution is -2.14. The van der Waals surface area contributed by atoms with Crippen molar-refractivity contribution in [2.75, 3.05) is 13.1 Å². The highest BCUT2D eigenvalue weighted by Crippen LogP contribution is 2.24. The average Bonchev–Trinajstić information content (AvgIpc) is 3.45. The fourth-order valence-corrected chi connectivity index (χ4v) is 2.88. The van der Waals surface area contributed by atoms with E-state index in [9.17, 15) is 0 Å². The van der Waals surface area contributed by atoms with Crippen LogP contribution in [-0.4, -0.2) is 23.0 Å². The Balaban J connectivity index is 1.68. The van der Waals surface area contributed by atoms with Crippen LogP contribution in [0.25, 0.3) is 5.57 Å². The van der Waals surface area contributed by atoms with Gasteiger partial charge in [-0.2, -0.15) is 0 Å². The van der Waals surface area contributed by atoms with Crippen LogP contribution in [0, 0.1) is 0 Å². The third-order valence-corrected chi connectivity index (χ3v) is 4.56. The van der Waals surface area contributed by atoms with E-state index < -0.39 is 0 Å². The molecule has 1 fully saturated rings. The Morgan fingerprint density at radius 2 is 2.21 bits per heavy atom. The fraction of sp³-hybridized carbons (Fsp3) is 0.250. The van der Waals surface area contributed by atoms with Gasteiger partial charge in [-0.3, -0.25) is 4.98 Å². The molecule has 4 heteroatoms. The summed E-state index contributed by atoms with van der Waals surface area (Å²) in [5.41, 5.74) is 4.58. The monoisotopic (exact) mass is 339 g/mol. The normalized spacial score (nSPS) is 16.8. The minimum atomic E-state index is 0.496. The van der Waals surface area contributed by atoms with Crippen molar-refractivity contribution in [2.24, 2.45) is 0 Å². The molecule has 124 valence electrons. The molecule has 3 rings (SSSR count). The maximum absolute atomic E-state index is 6.23. The smallest absolute Gasteiger partial charge is 0.0676 e. The number of nitrogens with zero attached hydrogens (tertiary/aromatic N) is 2. The summed E-state index contributed by atoms with van der Waals surface area (Å²) < 4.78 is 0. The third kappa shape index (κ3) is 4.25. The van der Waals surface area contributed by atoms with Crippen molar-refractivity contribution in [1.82, 2.24) is 15.2 Å². The van der Waals surface area contributed by atoms with Crippen molar-refractivity contribution in [3.05, 3.63) is 83.4 Å². The van der Waals surface area contributed by atoms with Crippen LogP contribution in [0.5, 0.6) is 0 Å². The van der Waals surface area contributed by atoms with Crippen LogP contribution in [0.1, 0.15) is 29.8 Å². The summed E-state index contributed by atoms with van der Waals surface area (Å²) in [4.78, 5) is 6.58. The van der Waals surface area contributed by atoms with E-state index in [2.05, 4.69) is 53.1 Å². The number of pyridine rings is 1. The van der Waals surface area contributed by atoms with Crippen molar-refractivity contribution >= 4 is 17.2 Å².